The highest BCUT2D eigenvalue weighted by molar-refractivity contribution is 5.96. The summed E-state index contributed by atoms with van der Waals surface area (Å²) in [6.45, 7) is 14.2. The molecule has 7 atom stereocenters. The van der Waals surface area contributed by atoms with Gasteiger partial charge in [0.25, 0.3) is 0 Å². The largest absolute Gasteiger partial charge is 0.462 e. The molecular weight excluding hydrogens is 344 g/mol. The van der Waals surface area contributed by atoms with Crippen LogP contribution in [0.1, 0.15) is 66.7 Å². The van der Waals surface area contributed by atoms with Crippen LogP contribution in [0.15, 0.2) is 12.2 Å². The first-order chi connectivity index (χ1) is 12.5. The van der Waals surface area contributed by atoms with Crippen LogP contribution in [-0.4, -0.2) is 41.3 Å². The van der Waals surface area contributed by atoms with Gasteiger partial charge in [0.15, 0.2) is 5.78 Å². The highest BCUT2D eigenvalue weighted by Crippen LogP contribution is 2.57. The second-order valence-electron chi connectivity index (χ2n) is 10.1. The van der Waals surface area contributed by atoms with E-state index in [9.17, 15) is 9.59 Å². The van der Waals surface area contributed by atoms with Gasteiger partial charge in [-0.25, -0.2) is 0 Å². The van der Waals surface area contributed by atoms with E-state index in [0.29, 0.717) is 18.4 Å². The van der Waals surface area contributed by atoms with E-state index < -0.39 is 6.10 Å². The van der Waals surface area contributed by atoms with Crippen LogP contribution in [0.3, 0.4) is 0 Å². The van der Waals surface area contributed by atoms with Crippen LogP contribution in [-0.2, 0) is 23.8 Å². The summed E-state index contributed by atoms with van der Waals surface area (Å²) < 4.78 is 17.9. The predicted octanol–water partition coefficient (Wildman–Crippen LogP) is 3.59. The van der Waals surface area contributed by atoms with E-state index in [1.54, 1.807) is 0 Å². The van der Waals surface area contributed by atoms with Crippen molar-refractivity contribution >= 4 is 11.8 Å². The Balaban J connectivity index is 1.72. The van der Waals surface area contributed by atoms with Crippen molar-refractivity contribution in [1.82, 2.24) is 0 Å². The van der Waals surface area contributed by atoms with Gasteiger partial charge in [-0.15, -0.1) is 0 Å². The zero-order valence-electron chi connectivity index (χ0n) is 17.2. The molecule has 27 heavy (non-hydrogen) atoms. The lowest BCUT2D eigenvalue weighted by molar-refractivity contribution is -0.155. The van der Waals surface area contributed by atoms with Gasteiger partial charge in [0, 0.05) is 25.7 Å². The van der Waals surface area contributed by atoms with E-state index in [4.69, 9.17) is 14.2 Å². The quantitative estimate of drug-likeness (QED) is 0.397. The molecule has 4 fully saturated rings. The summed E-state index contributed by atoms with van der Waals surface area (Å²) >= 11 is 0. The molecule has 2 heterocycles. The minimum atomic E-state index is -0.391. The Bertz CT molecular complexity index is 697. The van der Waals surface area contributed by atoms with E-state index in [2.05, 4.69) is 34.3 Å². The van der Waals surface area contributed by atoms with Gasteiger partial charge in [-0.1, -0.05) is 20.4 Å². The van der Waals surface area contributed by atoms with Gasteiger partial charge in [0.1, 0.15) is 6.10 Å². The third-order valence-corrected chi connectivity index (χ3v) is 7.79. The van der Waals surface area contributed by atoms with Crippen molar-refractivity contribution in [3.05, 3.63) is 12.2 Å². The molecule has 0 aromatic rings. The van der Waals surface area contributed by atoms with Crippen molar-refractivity contribution in [2.24, 2.45) is 17.3 Å². The fraction of sp³-hybridized carbons (Fsp3) is 0.818. The summed E-state index contributed by atoms with van der Waals surface area (Å²) in [6, 6.07) is 0. The lowest BCUT2D eigenvalue weighted by Crippen LogP contribution is -2.49. The summed E-state index contributed by atoms with van der Waals surface area (Å²) in [5.41, 5.74) is -0.0192. The first-order valence-electron chi connectivity index (χ1n) is 10.2. The molecule has 0 N–H and O–H groups in total. The number of rotatable bonds is 1. The Morgan fingerprint density at radius 2 is 1.81 bits per heavy atom. The van der Waals surface area contributed by atoms with E-state index in [0.717, 1.165) is 19.3 Å². The van der Waals surface area contributed by atoms with E-state index in [1.807, 2.05) is 0 Å². The van der Waals surface area contributed by atoms with Gasteiger partial charge >= 0.3 is 5.97 Å². The number of fused-ring (bicyclic) bond motifs is 4. The van der Waals surface area contributed by atoms with E-state index >= 15 is 0 Å². The number of epoxide rings is 2. The summed E-state index contributed by atoms with van der Waals surface area (Å²) in [5, 5.41) is 0. The normalized spacial score (nSPS) is 48.4. The lowest BCUT2D eigenvalue weighted by Gasteiger charge is -2.48. The lowest BCUT2D eigenvalue weighted by atomic mass is 9.56. The Morgan fingerprint density at radius 3 is 2.48 bits per heavy atom. The maximum absolute atomic E-state index is 12.8. The van der Waals surface area contributed by atoms with E-state index in [1.165, 1.54) is 6.92 Å². The average molecular weight is 376 g/mol. The summed E-state index contributed by atoms with van der Waals surface area (Å²) in [4.78, 5) is 24.7. The first kappa shape index (κ1) is 19.1. The number of Topliss-reactive ketones (excluding diaryl/α,β-unsaturated/α-hetero) is 1. The Labute approximate surface area is 161 Å². The zero-order valence-corrected chi connectivity index (χ0v) is 17.2. The fourth-order valence-corrected chi connectivity index (χ4v) is 5.74. The van der Waals surface area contributed by atoms with Gasteiger partial charge < -0.3 is 14.2 Å². The number of esters is 1. The number of hydrogen-bond donors (Lipinski definition) is 0. The third-order valence-electron chi connectivity index (χ3n) is 7.79. The van der Waals surface area contributed by atoms with Crippen molar-refractivity contribution in [1.29, 1.82) is 0 Å². The van der Waals surface area contributed by atoms with Gasteiger partial charge in [0.05, 0.1) is 23.4 Å². The Kier molecular flexibility index (Phi) is 4.18. The van der Waals surface area contributed by atoms with Crippen molar-refractivity contribution in [2.75, 3.05) is 0 Å². The molecule has 4 rings (SSSR count). The molecule has 5 heteroatoms. The number of carbonyl (C=O) groups is 2. The van der Waals surface area contributed by atoms with Gasteiger partial charge in [-0.05, 0) is 50.0 Å². The summed E-state index contributed by atoms with van der Waals surface area (Å²) in [5.74, 6) is -0.226. The molecule has 0 aromatic heterocycles. The molecule has 150 valence electrons. The van der Waals surface area contributed by atoms with Crippen LogP contribution in [0, 0.1) is 17.3 Å². The fourth-order valence-electron chi connectivity index (χ4n) is 5.74. The topological polar surface area (TPSA) is 68.4 Å². The van der Waals surface area contributed by atoms with Gasteiger partial charge in [-0.2, -0.15) is 0 Å². The molecule has 2 aliphatic heterocycles. The second-order valence-corrected chi connectivity index (χ2v) is 10.1. The van der Waals surface area contributed by atoms with Crippen molar-refractivity contribution in [3.8, 4) is 0 Å². The third kappa shape index (κ3) is 3.17. The minimum absolute atomic E-state index is 0.0928. The molecule has 0 radical (unpaired) electrons. The number of ketones is 1. The number of ether oxygens (including phenoxy) is 3. The van der Waals surface area contributed by atoms with Crippen molar-refractivity contribution < 1.29 is 23.8 Å². The molecule has 2 saturated carbocycles. The number of hydrogen-bond acceptors (Lipinski definition) is 5. The molecular formula is C22H32O5. The summed E-state index contributed by atoms with van der Waals surface area (Å²) in [6.07, 6.45) is 3.85. The molecule has 0 aromatic carbocycles. The summed E-state index contributed by atoms with van der Waals surface area (Å²) in [7, 11) is 0. The Morgan fingerprint density at radius 1 is 1.15 bits per heavy atom. The monoisotopic (exact) mass is 376 g/mol. The zero-order chi connectivity index (χ0) is 19.8. The molecule has 5 nitrogen and oxygen atoms in total. The van der Waals surface area contributed by atoms with Crippen LogP contribution < -0.4 is 0 Å². The second kappa shape index (κ2) is 5.90. The molecule has 2 bridgehead atoms. The molecule has 0 unspecified atom stereocenters. The number of carbonyl (C=O) groups excluding carboxylic acids is 2. The minimum Gasteiger partial charge on any atom is -0.462 e. The highest BCUT2D eigenvalue weighted by Gasteiger charge is 2.62. The SMILES string of the molecule is C=C1C(=O)C[C@H]2C[C@@H]3O[C@@]3(C)CC[C@@H]3O[C@@]3(C)C[C@@H](OC(C)=O)[C@H]1C2(C)C. The van der Waals surface area contributed by atoms with Crippen molar-refractivity contribution in [3.63, 3.8) is 0 Å². The predicted molar refractivity (Wildman–Crippen MR) is 100 cm³/mol. The van der Waals surface area contributed by atoms with Gasteiger partial charge in [0.2, 0.25) is 0 Å². The standard InChI is InChI=1S/C22H32O5/c1-12-15(24)9-14-10-18-21(5,27-18)8-7-17-22(6,26-17)11-16(25-13(2)23)19(12)20(14,3)4/h14,16-19H,1,7-11H2,2-6H3/t14-,16+,17-,18-,19-,21-,22-/m0/s1. The van der Waals surface area contributed by atoms with Crippen LogP contribution in [0.25, 0.3) is 0 Å². The van der Waals surface area contributed by atoms with Crippen LogP contribution in [0.2, 0.25) is 0 Å². The smallest absolute Gasteiger partial charge is 0.302 e. The highest BCUT2D eigenvalue weighted by atomic mass is 16.6. The van der Waals surface area contributed by atoms with Gasteiger partial charge in [-0.3, -0.25) is 9.59 Å². The Hall–Kier alpha value is -1.20. The molecule has 0 amide bonds. The molecule has 0 spiro atoms. The molecule has 4 aliphatic rings. The maximum Gasteiger partial charge on any atom is 0.302 e. The maximum atomic E-state index is 12.8. The van der Waals surface area contributed by atoms with Crippen LogP contribution in [0.4, 0.5) is 0 Å². The van der Waals surface area contributed by atoms with Crippen LogP contribution >= 0.6 is 0 Å². The van der Waals surface area contributed by atoms with E-state index in [-0.39, 0.29) is 52.4 Å². The average Bonchev–Trinajstić information content (AvgIpc) is 3.38. The van der Waals surface area contributed by atoms with Crippen molar-refractivity contribution in [2.45, 2.75) is 96.2 Å². The first-order valence-corrected chi connectivity index (χ1v) is 10.2. The molecule has 2 aliphatic carbocycles. The molecule has 2 saturated heterocycles. The van der Waals surface area contributed by atoms with Crippen LogP contribution in [0.5, 0.6) is 0 Å².